The number of fused-ring (bicyclic) bond motifs is 3. The molecule has 0 aliphatic carbocycles. The van der Waals surface area contributed by atoms with Gasteiger partial charge in [-0.3, -0.25) is 14.2 Å². The predicted molar refractivity (Wildman–Crippen MR) is 135 cm³/mol. The number of amides is 1. The van der Waals surface area contributed by atoms with Gasteiger partial charge in [0, 0.05) is 24.2 Å². The molecule has 0 spiro atoms. The van der Waals surface area contributed by atoms with Crippen LogP contribution < -0.4 is 5.56 Å². The number of hydrogen-bond donors (Lipinski definition) is 0. The van der Waals surface area contributed by atoms with Crippen LogP contribution in [0.2, 0.25) is 0 Å². The zero-order chi connectivity index (χ0) is 22.9. The molecule has 1 fully saturated rings. The van der Waals surface area contributed by atoms with Gasteiger partial charge in [-0.2, -0.15) is 0 Å². The number of rotatable bonds is 5. The molecular weight excluding hydrogens is 452 g/mol. The second kappa shape index (κ2) is 9.27. The molecule has 0 bridgehead atoms. The monoisotopic (exact) mass is 478 g/mol. The van der Waals surface area contributed by atoms with Gasteiger partial charge in [0.2, 0.25) is 5.91 Å². The Kier molecular flexibility index (Phi) is 6.21. The first-order valence-corrected chi connectivity index (χ1v) is 13.1. The molecule has 5 rings (SSSR count). The van der Waals surface area contributed by atoms with Crippen LogP contribution in [0.25, 0.3) is 20.4 Å². The van der Waals surface area contributed by atoms with Gasteiger partial charge in [-0.15, -0.1) is 11.3 Å². The number of thiophene rings is 1. The van der Waals surface area contributed by atoms with Crippen LogP contribution in [0.4, 0.5) is 0 Å². The van der Waals surface area contributed by atoms with Crippen LogP contribution in [-0.2, 0) is 11.3 Å². The van der Waals surface area contributed by atoms with Crippen LogP contribution in [-0.4, -0.2) is 43.7 Å². The molecule has 170 valence electrons. The molecule has 4 aromatic rings. The first kappa shape index (κ1) is 22.1. The van der Waals surface area contributed by atoms with E-state index in [-0.39, 0.29) is 23.3 Å². The molecule has 0 saturated carbocycles. The number of benzene rings is 1. The van der Waals surface area contributed by atoms with Crippen LogP contribution in [0.3, 0.4) is 0 Å². The van der Waals surface area contributed by atoms with Gasteiger partial charge in [-0.25, -0.2) is 9.97 Å². The van der Waals surface area contributed by atoms with E-state index >= 15 is 0 Å². The molecule has 0 radical (unpaired) electrons. The summed E-state index contributed by atoms with van der Waals surface area (Å²) in [7, 11) is 0. The number of nitrogens with zero attached hydrogens (tertiary/aromatic N) is 4. The molecule has 6 nitrogen and oxygen atoms in total. The van der Waals surface area contributed by atoms with E-state index in [0.29, 0.717) is 21.9 Å². The summed E-state index contributed by atoms with van der Waals surface area (Å²) in [5, 5.41) is 1.46. The van der Waals surface area contributed by atoms with Crippen molar-refractivity contribution in [3.8, 4) is 0 Å². The molecule has 1 atom stereocenters. The van der Waals surface area contributed by atoms with Gasteiger partial charge in [0.25, 0.3) is 5.56 Å². The second-order valence-corrected chi connectivity index (χ2v) is 10.6. The van der Waals surface area contributed by atoms with Crippen LogP contribution in [0.15, 0.2) is 52.5 Å². The standard InChI is InChI=1S/C25H26N4O2S2/c1-16-8-10-18(11-9-16)14-29-24(31)22-21(19-7-5-12-26-23(19)33-22)27-25(29)32-15-20(30)28-13-4-3-6-17(28)2/h5,7-12,17H,3-4,6,13-15H2,1-2H3/t17-/m0/s1. The summed E-state index contributed by atoms with van der Waals surface area (Å²) in [6.45, 7) is 5.39. The van der Waals surface area contributed by atoms with E-state index in [1.54, 1.807) is 10.8 Å². The van der Waals surface area contributed by atoms with Gasteiger partial charge in [0.15, 0.2) is 5.16 Å². The van der Waals surface area contributed by atoms with E-state index in [2.05, 4.69) is 11.9 Å². The third kappa shape index (κ3) is 4.42. The summed E-state index contributed by atoms with van der Waals surface area (Å²) in [6, 6.07) is 12.2. The number of carbonyl (C=O) groups is 1. The Morgan fingerprint density at radius 1 is 1.21 bits per heavy atom. The third-order valence-electron chi connectivity index (χ3n) is 6.23. The Morgan fingerprint density at radius 3 is 2.82 bits per heavy atom. The maximum Gasteiger partial charge on any atom is 0.272 e. The molecule has 33 heavy (non-hydrogen) atoms. The van der Waals surface area contributed by atoms with Gasteiger partial charge < -0.3 is 4.90 Å². The molecule has 0 unspecified atom stereocenters. The largest absolute Gasteiger partial charge is 0.339 e. The quantitative estimate of drug-likeness (QED) is 0.303. The first-order chi connectivity index (χ1) is 16.0. The van der Waals surface area contributed by atoms with Gasteiger partial charge in [-0.05, 0) is 50.8 Å². The molecule has 1 aromatic carbocycles. The van der Waals surface area contributed by atoms with Crippen molar-refractivity contribution in [1.82, 2.24) is 19.4 Å². The van der Waals surface area contributed by atoms with E-state index in [9.17, 15) is 9.59 Å². The van der Waals surface area contributed by atoms with E-state index in [4.69, 9.17) is 4.98 Å². The number of aryl methyl sites for hydroxylation is 1. The lowest BCUT2D eigenvalue weighted by Crippen LogP contribution is -2.43. The van der Waals surface area contributed by atoms with Gasteiger partial charge in [0.05, 0.1) is 17.8 Å². The molecule has 1 amide bonds. The van der Waals surface area contributed by atoms with Crippen LogP contribution in [0.1, 0.15) is 37.3 Å². The van der Waals surface area contributed by atoms with Crippen molar-refractivity contribution < 1.29 is 4.79 Å². The fourth-order valence-corrected chi connectivity index (χ4v) is 6.25. The minimum Gasteiger partial charge on any atom is -0.339 e. The fourth-order valence-electron chi connectivity index (χ4n) is 4.34. The van der Waals surface area contributed by atoms with Gasteiger partial charge >= 0.3 is 0 Å². The highest BCUT2D eigenvalue weighted by Gasteiger charge is 2.24. The predicted octanol–water partition coefficient (Wildman–Crippen LogP) is 4.86. The SMILES string of the molecule is Cc1ccc(Cn2c(SCC(=O)N3CCCC[C@@H]3C)nc3c(sc4ncccc43)c2=O)cc1. The average Bonchev–Trinajstić information content (AvgIpc) is 3.20. The van der Waals surface area contributed by atoms with E-state index in [1.807, 2.05) is 48.2 Å². The average molecular weight is 479 g/mol. The van der Waals surface area contributed by atoms with Gasteiger partial charge in [-0.1, -0.05) is 41.6 Å². The van der Waals surface area contributed by atoms with Crippen molar-refractivity contribution in [3.05, 3.63) is 64.1 Å². The van der Waals surface area contributed by atoms with Crippen molar-refractivity contribution in [1.29, 1.82) is 0 Å². The zero-order valence-corrected chi connectivity index (χ0v) is 20.4. The maximum atomic E-state index is 13.6. The molecule has 0 N–H and O–H groups in total. The number of likely N-dealkylation sites (tertiary alicyclic amines) is 1. The van der Waals surface area contributed by atoms with Crippen LogP contribution in [0, 0.1) is 6.92 Å². The number of hydrogen-bond acceptors (Lipinski definition) is 6. The number of thioether (sulfide) groups is 1. The lowest BCUT2D eigenvalue weighted by molar-refractivity contribution is -0.131. The van der Waals surface area contributed by atoms with E-state index in [1.165, 1.54) is 35.1 Å². The minimum absolute atomic E-state index is 0.0788. The summed E-state index contributed by atoms with van der Waals surface area (Å²) < 4.78 is 2.32. The lowest BCUT2D eigenvalue weighted by atomic mass is 10.0. The smallest absolute Gasteiger partial charge is 0.272 e. The Balaban J connectivity index is 1.54. The highest BCUT2D eigenvalue weighted by atomic mass is 32.2. The second-order valence-electron chi connectivity index (χ2n) is 8.63. The van der Waals surface area contributed by atoms with Gasteiger partial charge in [0.1, 0.15) is 9.53 Å². The summed E-state index contributed by atoms with van der Waals surface area (Å²) in [5.74, 6) is 0.386. The zero-order valence-electron chi connectivity index (χ0n) is 18.8. The van der Waals surface area contributed by atoms with E-state index in [0.717, 1.165) is 35.2 Å². The maximum absolute atomic E-state index is 13.6. The van der Waals surface area contributed by atoms with Crippen molar-refractivity contribution in [3.63, 3.8) is 0 Å². The molecule has 4 heterocycles. The summed E-state index contributed by atoms with van der Waals surface area (Å²) in [5.41, 5.74) is 2.80. The molecular formula is C25H26N4O2S2. The van der Waals surface area contributed by atoms with Crippen molar-refractivity contribution in [2.45, 2.75) is 50.9 Å². The molecule has 1 saturated heterocycles. The Hall–Kier alpha value is -2.71. The molecule has 1 aliphatic rings. The van der Waals surface area contributed by atoms with Crippen molar-refractivity contribution in [2.75, 3.05) is 12.3 Å². The fraction of sp³-hybridized carbons (Fsp3) is 0.360. The third-order valence-corrected chi connectivity index (χ3v) is 8.28. The lowest BCUT2D eigenvalue weighted by Gasteiger charge is -2.33. The van der Waals surface area contributed by atoms with Crippen LogP contribution in [0.5, 0.6) is 0 Å². The summed E-state index contributed by atoms with van der Waals surface area (Å²) in [6.07, 6.45) is 5.01. The highest BCUT2D eigenvalue weighted by molar-refractivity contribution is 7.99. The Labute approximate surface area is 200 Å². The number of pyridine rings is 1. The molecule has 1 aliphatic heterocycles. The summed E-state index contributed by atoms with van der Waals surface area (Å²) >= 11 is 2.74. The Morgan fingerprint density at radius 2 is 2.03 bits per heavy atom. The topological polar surface area (TPSA) is 68.1 Å². The summed E-state index contributed by atoms with van der Waals surface area (Å²) in [4.78, 5) is 38.7. The molecule has 3 aromatic heterocycles. The highest BCUT2D eigenvalue weighted by Crippen LogP contribution is 2.31. The Bertz CT molecular complexity index is 1380. The molecule has 8 heteroatoms. The van der Waals surface area contributed by atoms with Crippen molar-refractivity contribution >= 4 is 49.4 Å². The first-order valence-electron chi connectivity index (χ1n) is 11.3. The minimum atomic E-state index is -0.0788. The number of carbonyl (C=O) groups excluding carboxylic acids is 1. The van der Waals surface area contributed by atoms with E-state index < -0.39 is 0 Å². The normalized spacial score (nSPS) is 16.5. The number of aromatic nitrogens is 3. The van der Waals surface area contributed by atoms with Crippen LogP contribution >= 0.6 is 23.1 Å². The number of piperidine rings is 1. The van der Waals surface area contributed by atoms with Crippen molar-refractivity contribution in [2.24, 2.45) is 0 Å².